The van der Waals surface area contributed by atoms with E-state index in [0.29, 0.717) is 17.7 Å². The van der Waals surface area contributed by atoms with Gasteiger partial charge in [0.2, 0.25) is 0 Å². The van der Waals surface area contributed by atoms with Crippen LogP contribution < -0.4 is 5.73 Å². The molecule has 0 aliphatic carbocycles. The number of hydrogen-bond acceptors (Lipinski definition) is 2. The first-order valence-electron chi connectivity index (χ1n) is 4.23. The Morgan fingerprint density at radius 2 is 2.00 bits per heavy atom. The zero-order chi connectivity index (χ0) is 9.68. The van der Waals surface area contributed by atoms with Crippen molar-refractivity contribution in [3.8, 4) is 6.07 Å². The van der Waals surface area contributed by atoms with E-state index in [9.17, 15) is 0 Å². The minimum absolute atomic E-state index is 0.589. The van der Waals surface area contributed by atoms with Crippen LogP contribution in [0.25, 0.3) is 5.70 Å². The van der Waals surface area contributed by atoms with Crippen LogP contribution in [0.3, 0.4) is 0 Å². The van der Waals surface area contributed by atoms with Crippen molar-refractivity contribution in [2.45, 2.75) is 13.3 Å². The molecule has 0 amide bonds. The zero-order valence-electron chi connectivity index (χ0n) is 7.62. The van der Waals surface area contributed by atoms with Crippen molar-refractivity contribution >= 4 is 5.70 Å². The highest BCUT2D eigenvalue weighted by Crippen LogP contribution is 2.14. The summed E-state index contributed by atoms with van der Waals surface area (Å²) in [6.45, 7) is 1.92. The van der Waals surface area contributed by atoms with E-state index in [2.05, 4.69) is 6.07 Å². The summed E-state index contributed by atoms with van der Waals surface area (Å²) < 4.78 is 0. The molecule has 66 valence electrons. The third-order valence-corrected chi connectivity index (χ3v) is 1.90. The molecule has 0 unspecified atom stereocenters. The van der Waals surface area contributed by atoms with E-state index in [4.69, 9.17) is 11.0 Å². The van der Waals surface area contributed by atoms with E-state index >= 15 is 0 Å². The maximum Gasteiger partial charge on any atom is 0.0968 e. The van der Waals surface area contributed by atoms with Crippen LogP contribution in [0, 0.1) is 11.3 Å². The Bertz CT molecular complexity index is 344. The summed E-state index contributed by atoms with van der Waals surface area (Å²) in [6, 6.07) is 11.7. The average Bonchev–Trinajstić information content (AvgIpc) is 2.21. The lowest BCUT2D eigenvalue weighted by Crippen LogP contribution is -1.99. The normalized spacial score (nSPS) is 11.7. The van der Waals surface area contributed by atoms with Gasteiger partial charge in [-0.15, -0.1) is 0 Å². The van der Waals surface area contributed by atoms with Crippen LogP contribution in [-0.4, -0.2) is 0 Å². The van der Waals surface area contributed by atoms with Crippen LogP contribution in [0.1, 0.15) is 18.9 Å². The predicted octanol–water partition coefficient (Wildman–Crippen LogP) is 2.29. The molecule has 0 saturated carbocycles. The van der Waals surface area contributed by atoms with Crippen LogP contribution in [-0.2, 0) is 0 Å². The Kier molecular flexibility index (Phi) is 3.10. The Balaban J connectivity index is 3.11. The second-order valence-corrected chi connectivity index (χ2v) is 2.72. The lowest BCUT2D eigenvalue weighted by Gasteiger charge is -2.02. The van der Waals surface area contributed by atoms with Crippen molar-refractivity contribution < 1.29 is 0 Å². The number of nitriles is 1. The largest absolute Gasteiger partial charge is 0.397 e. The summed E-state index contributed by atoms with van der Waals surface area (Å²) in [7, 11) is 0. The van der Waals surface area contributed by atoms with Crippen molar-refractivity contribution in [3.63, 3.8) is 0 Å². The Labute approximate surface area is 78.3 Å². The highest BCUT2D eigenvalue weighted by atomic mass is 14.6. The molecule has 0 spiro atoms. The molecule has 0 aromatic heterocycles. The first-order valence-corrected chi connectivity index (χ1v) is 4.23. The van der Waals surface area contributed by atoms with Crippen molar-refractivity contribution in [2.75, 3.05) is 0 Å². The van der Waals surface area contributed by atoms with Gasteiger partial charge in [-0.3, -0.25) is 0 Å². The highest BCUT2D eigenvalue weighted by molar-refractivity contribution is 5.68. The number of allylic oxidation sites excluding steroid dienone is 1. The fourth-order valence-corrected chi connectivity index (χ4v) is 1.12. The minimum Gasteiger partial charge on any atom is -0.397 e. The van der Waals surface area contributed by atoms with E-state index in [1.54, 1.807) is 0 Å². The summed E-state index contributed by atoms with van der Waals surface area (Å²) in [5, 5.41) is 8.77. The SMILES string of the molecule is CC/C(C#N)=C(/N)c1ccccc1. The molecule has 2 heteroatoms. The van der Waals surface area contributed by atoms with E-state index in [-0.39, 0.29) is 0 Å². The van der Waals surface area contributed by atoms with Gasteiger partial charge in [0.15, 0.2) is 0 Å². The Morgan fingerprint density at radius 1 is 1.38 bits per heavy atom. The first-order chi connectivity index (χ1) is 6.29. The second-order valence-electron chi connectivity index (χ2n) is 2.72. The molecule has 0 bridgehead atoms. The third-order valence-electron chi connectivity index (χ3n) is 1.90. The van der Waals surface area contributed by atoms with Gasteiger partial charge in [0.25, 0.3) is 0 Å². The molecule has 2 N–H and O–H groups in total. The van der Waals surface area contributed by atoms with Crippen LogP contribution in [0.4, 0.5) is 0 Å². The van der Waals surface area contributed by atoms with E-state index in [0.717, 1.165) is 5.56 Å². The fraction of sp³-hybridized carbons (Fsp3) is 0.182. The Hall–Kier alpha value is -1.75. The molecule has 0 atom stereocenters. The lowest BCUT2D eigenvalue weighted by atomic mass is 10.1. The minimum atomic E-state index is 0.589. The van der Waals surface area contributed by atoms with Gasteiger partial charge in [0.1, 0.15) is 0 Å². The molecule has 13 heavy (non-hydrogen) atoms. The van der Waals surface area contributed by atoms with Crippen LogP contribution >= 0.6 is 0 Å². The van der Waals surface area contributed by atoms with Gasteiger partial charge in [0, 0.05) is 0 Å². The summed E-state index contributed by atoms with van der Waals surface area (Å²) >= 11 is 0. The van der Waals surface area contributed by atoms with Gasteiger partial charge in [-0.2, -0.15) is 5.26 Å². The maximum atomic E-state index is 8.77. The molecule has 1 aromatic rings. The summed E-state index contributed by atoms with van der Waals surface area (Å²) in [4.78, 5) is 0. The van der Waals surface area contributed by atoms with E-state index < -0.39 is 0 Å². The molecule has 1 aromatic carbocycles. The van der Waals surface area contributed by atoms with Crippen LogP contribution in [0.5, 0.6) is 0 Å². The summed E-state index contributed by atoms with van der Waals surface area (Å²) in [5.41, 5.74) is 7.97. The molecule has 2 nitrogen and oxygen atoms in total. The van der Waals surface area contributed by atoms with E-state index in [1.807, 2.05) is 37.3 Å². The third kappa shape index (κ3) is 2.09. The maximum absolute atomic E-state index is 8.77. The van der Waals surface area contributed by atoms with Gasteiger partial charge >= 0.3 is 0 Å². The lowest BCUT2D eigenvalue weighted by molar-refractivity contribution is 1.14. The number of nitrogens with two attached hydrogens (primary N) is 1. The standard InChI is InChI=1S/C11H12N2/c1-2-9(8-12)11(13)10-6-4-3-5-7-10/h3-7H,2,13H2,1H3/b11-9-. The predicted molar refractivity (Wildman–Crippen MR) is 53.5 cm³/mol. The summed E-state index contributed by atoms with van der Waals surface area (Å²) in [5.74, 6) is 0. The van der Waals surface area contributed by atoms with Crippen LogP contribution in [0.15, 0.2) is 35.9 Å². The molecule has 0 heterocycles. The highest BCUT2D eigenvalue weighted by Gasteiger charge is 2.01. The van der Waals surface area contributed by atoms with E-state index in [1.165, 1.54) is 0 Å². The van der Waals surface area contributed by atoms with Gasteiger partial charge in [0.05, 0.1) is 17.3 Å². The average molecular weight is 172 g/mol. The molecule has 0 saturated heterocycles. The monoisotopic (exact) mass is 172 g/mol. The molecular weight excluding hydrogens is 160 g/mol. The van der Waals surface area contributed by atoms with Gasteiger partial charge in [-0.05, 0) is 12.0 Å². The number of rotatable bonds is 2. The van der Waals surface area contributed by atoms with Crippen molar-refractivity contribution in [2.24, 2.45) is 5.73 Å². The van der Waals surface area contributed by atoms with Crippen molar-refractivity contribution in [3.05, 3.63) is 41.5 Å². The van der Waals surface area contributed by atoms with Gasteiger partial charge in [-0.1, -0.05) is 37.3 Å². The molecule has 0 aliphatic heterocycles. The fourth-order valence-electron chi connectivity index (χ4n) is 1.12. The Morgan fingerprint density at radius 3 is 2.46 bits per heavy atom. The molecule has 1 rings (SSSR count). The number of nitrogens with zero attached hydrogens (tertiary/aromatic N) is 1. The molecular formula is C11H12N2. The van der Waals surface area contributed by atoms with Crippen LogP contribution in [0.2, 0.25) is 0 Å². The quantitative estimate of drug-likeness (QED) is 0.696. The smallest absolute Gasteiger partial charge is 0.0968 e. The number of hydrogen-bond donors (Lipinski definition) is 1. The van der Waals surface area contributed by atoms with Gasteiger partial charge in [-0.25, -0.2) is 0 Å². The molecule has 0 aliphatic rings. The van der Waals surface area contributed by atoms with Gasteiger partial charge < -0.3 is 5.73 Å². The number of benzene rings is 1. The molecule has 0 fully saturated rings. The second kappa shape index (κ2) is 4.32. The summed E-state index contributed by atoms with van der Waals surface area (Å²) in [6.07, 6.45) is 0.678. The topological polar surface area (TPSA) is 49.8 Å². The zero-order valence-corrected chi connectivity index (χ0v) is 7.62. The van der Waals surface area contributed by atoms with Crippen molar-refractivity contribution in [1.29, 1.82) is 5.26 Å². The first kappa shape index (κ1) is 9.34. The van der Waals surface area contributed by atoms with Crippen molar-refractivity contribution in [1.82, 2.24) is 0 Å². The molecule has 0 radical (unpaired) electrons.